The van der Waals surface area contributed by atoms with E-state index in [0.717, 1.165) is 50.6 Å². The molecule has 1 aliphatic rings. The molecular weight excluding hydrogens is 352 g/mol. The van der Waals surface area contributed by atoms with Gasteiger partial charge in [0.15, 0.2) is 0 Å². The van der Waals surface area contributed by atoms with E-state index in [1.54, 1.807) is 0 Å². The van der Waals surface area contributed by atoms with Gasteiger partial charge in [-0.3, -0.25) is 9.58 Å². The van der Waals surface area contributed by atoms with Crippen LogP contribution in [0.2, 0.25) is 0 Å². The Bertz CT molecular complexity index is 671. The summed E-state index contributed by atoms with van der Waals surface area (Å²) in [6.45, 7) is 9.01. The Morgan fingerprint density at radius 2 is 2.00 bits per heavy atom. The molecule has 154 valence electrons. The van der Waals surface area contributed by atoms with Crippen molar-refractivity contribution in [1.29, 1.82) is 0 Å². The van der Waals surface area contributed by atoms with Gasteiger partial charge in [0, 0.05) is 37.6 Å². The molecule has 1 aromatic carbocycles. The highest BCUT2D eigenvalue weighted by atomic mass is 16.5. The standard InChI is InChI=1S/C22H34N4O2/c1-2-24(15-16-26-14-8-11-23-26)17-20-9-4-5-10-22(20)28-19-21(27)18-25-12-6-3-7-13-25/h4-5,8-11,14,21,27H,2-3,6-7,12-13,15-19H2,1H3. The molecule has 6 nitrogen and oxygen atoms in total. The van der Waals surface area contributed by atoms with Crippen LogP contribution in [0.5, 0.6) is 5.75 Å². The number of hydrogen-bond donors (Lipinski definition) is 1. The summed E-state index contributed by atoms with van der Waals surface area (Å²) < 4.78 is 7.98. The molecule has 3 rings (SSSR count). The maximum absolute atomic E-state index is 10.4. The SMILES string of the molecule is CCN(CCn1cccn1)Cc1ccccc1OCC(O)CN1CCCCC1. The summed E-state index contributed by atoms with van der Waals surface area (Å²) in [6.07, 6.45) is 7.14. The first-order valence-electron chi connectivity index (χ1n) is 10.6. The number of para-hydroxylation sites is 1. The minimum Gasteiger partial charge on any atom is -0.491 e. The van der Waals surface area contributed by atoms with Gasteiger partial charge in [-0.1, -0.05) is 31.5 Å². The highest BCUT2D eigenvalue weighted by Crippen LogP contribution is 2.20. The molecule has 0 spiro atoms. The number of aromatic nitrogens is 2. The number of ether oxygens (including phenoxy) is 1. The molecule has 0 bridgehead atoms. The maximum atomic E-state index is 10.4. The molecule has 0 amide bonds. The second-order valence-electron chi connectivity index (χ2n) is 7.57. The van der Waals surface area contributed by atoms with Crippen LogP contribution in [0.4, 0.5) is 0 Å². The molecule has 6 heteroatoms. The van der Waals surface area contributed by atoms with Gasteiger partial charge in [0.2, 0.25) is 0 Å². The molecular formula is C22H34N4O2. The zero-order valence-corrected chi connectivity index (χ0v) is 17.0. The van der Waals surface area contributed by atoms with Crippen LogP contribution in [0, 0.1) is 0 Å². The van der Waals surface area contributed by atoms with Gasteiger partial charge in [0.05, 0.1) is 6.54 Å². The second kappa shape index (κ2) is 11.2. The van der Waals surface area contributed by atoms with Crippen LogP contribution in [-0.4, -0.2) is 70.1 Å². The normalized spacial score (nSPS) is 16.4. The molecule has 2 heterocycles. The van der Waals surface area contributed by atoms with Crippen molar-refractivity contribution in [2.24, 2.45) is 0 Å². The van der Waals surface area contributed by atoms with Gasteiger partial charge in [-0.2, -0.15) is 5.10 Å². The van der Waals surface area contributed by atoms with Gasteiger partial charge in [-0.15, -0.1) is 0 Å². The first-order chi connectivity index (χ1) is 13.7. The van der Waals surface area contributed by atoms with E-state index in [0.29, 0.717) is 13.2 Å². The predicted molar refractivity (Wildman–Crippen MR) is 111 cm³/mol. The van der Waals surface area contributed by atoms with Crippen molar-refractivity contribution in [2.75, 3.05) is 39.3 Å². The summed E-state index contributed by atoms with van der Waals surface area (Å²) >= 11 is 0. The number of benzene rings is 1. The van der Waals surface area contributed by atoms with Gasteiger partial charge in [0.1, 0.15) is 18.5 Å². The molecule has 1 saturated heterocycles. The molecule has 0 radical (unpaired) electrons. The summed E-state index contributed by atoms with van der Waals surface area (Å²) in [7, 11) is 0. The summed E-state index contributed by atoms with van der Waals surface area (Å²) in [5, 5.41) is 14.7. The number of β-amino-alcohol motifs (C(OH)–C–C–N with tert-alkyl or cyclic N) is 1. The van der Waals surface area contributed by atoms with Crippen LogP contribution >= 0.6 is 0 Å². The number of aliphatic hydroxyl groups is 1. The van der Waals surface area contributed by atoms with Crippen LogP contribution in [-0.2, 0) is 13.1 Å². The quantitative estimate of drug-likeness (QED) is 0.643. The molecule has 28 heavy (non-hydrogen) atoms. The maximum Gasteiger partial charge on any atom is 0.123 e. The summed E-state index contributed by atoms with van der Waals surface area (Å²) in [5.41, 5.74) is 1.16. The van der Waals surface area contributed by atoms with E-state index in [-0.39, 0.29) is 0 Å². The van der Waals surface area contributed by atoms with Gasteiger partial charge in [0.25, 0.3) is 0 Å². The smallest absolute Gasteiger partial charge is 0.123 e. The fraction of sp³-hybridized carbons (Fsp3) is 0.591. The van der Waals surface area contributed by atoms with Gasteiger partial charge < -0.3 is 14.7 Å². The minimum atomic E-state index is -0.451. The molecule has 1 atom stereocenters. The van der Waals surface area contributed by atoms with Crippen molar-refractivity contribution in [3.05, 3.63) is 48.3 Å². The average molecular weight is 387 g/mol. The lowest BCUT2D eigenvalue weighted by molar-refractivity contribution is 0.0611. The Balaban J connectivity index is 1.49. The summed E-state index contributed by atoms with van der Waals surface area (Å²) in [6, 6.07) is 10.1. The number of hydrogen-bond acceptors (Lipinski definition) is 5. The third kappa shape index (κ3) is 6.62. The molecule has 2 aromatic rings. The van der Waals surface area contributed by atoms with E-state index < -0.39 is 6.10 Å². The lowest BCUT2D eigenvalue weighted by Gasteiger charge is -2.28. The number of nitrogens with zero attached hydrogens (tertiary/aromatic N) is 4. The first kappa shape index (κ1) is 20.8. The highest BCUT2D eigenvalue weighted by Gasteiger charge is 2.16. The van der Waals surface area contributed by atoms with Crippen LogP contribution in [0.3, 0.4) is 0 Å². The van der Waals surface area contributed by atoms with Crippen molar-refractivity contribution >= 4 is 0 Å². The Morgan fingerprint density at radius 3 is 2.75 bits per heavy atom. The number of rotatable bonds is 11. The highest BCUT2D eigenvalue weighted by molar-refractivity contribution is 5.33. The summed E-state index contributed by atoms with van der Waals surface area (Å²) in [5.74, 6) is 0.873. The first-order valence-corrected chi connectivity index (χ1v) is 10.6. The van der Waals surface area contributed by atoms with Crippen LogP contribution in [0.1, 0.15) is 31.7 Å². The molecule has 1 aliphatic heterocycles. The zero-order valence-electron chi connectivity index (χ0n) is 17.0. The Morgan fingerprint density at radius 1 is 1.18 bits per heavy atom. The zero-order chi connectivity index (χ0) is 19.6. The van der Waals surface area contributed by atoms with E-state index in [4.69, 9.17) is 4.74 Å². The number of likely N-dealkylation sites (N-methyl/N-ethyl adjacent to an activating group) is 1. The Hall–Kier alpha value is -1.89. The fourth-order valence-corrected chi connectivity index (χ4v) is 3.72. The Labute approximate surface area is 168 Å². The Kier molecular flexibility index (Phi) is 8.33. The van der Waals surface area contributed by atoms with E-state index >= 15 is 0 Å². The van der Waals surface area contributed by atoms with E-state index in [2.05, 4.69) is 27.9 Å². The van der Waals surface area contributed by atoms with Crippen molar-refractivity contribution in [1.82, 2.24) is 19.6 Å². The fourth-order valence-electron chi connectivity index (χ4n) is 3.72. The topological polar surface area (TPSA) is 53.8 Å². The monoisotopic (exact) mass is 386 g/mol. The van der Waals surface area contributed by atoms with E-state index in [1.807, 2.05) is 41.3 Å². The van der Waals surface area contributed by atoms with Crippen molar-refractivity contribution in [3.8, 4) is 5.75 Å². The van der Waals surface area contributed by atoms with Gasteiger partial charge in [-0.05, 0) is 44.6 Å². The molecule has 0 aliphatic carbocycles. The van der Waals surface area contributed by atoms with Crippen LogP contribution in [0.25, 0.3) is 0 Å². The lowest BCUT2D eigenvalue weighted by atomic mass is 10.1. The minimum absolute atomic E-state index is 0.340. The molecule has 1 unspecified atom stereocenters. The second-order valence-corrected chi connectivity index (χ2v) is 7.57. The average Bonchev–Trinajstić information content (AvgIpc) is 3.24. The summed E-state index contributed by atoms with van der Waals surface area (Å²) in [4.78, 5) is 4.73. The van der Waals surface area contributed by atoms with Crippen molar-refractivity contribution in [3.63, 3.8) is 0 Å². The van der Waals surface area contributed by atoms with Crippen LogP contribution < -0.4 is 4.74 Å². The largest absolute Gasteiger partial charge is 0.491 e. The number of aliphatic hydroxyl groups excluding tert-OH is 1. The van der Waals surface area contributed by atoms with Gasteiger partial charge >= 0.3 is 0 Å². The molecule has 0 saturated carbocycles. The molecule has 1 N–H and O–H groups in total. The third-order valence-electron chi connectivity index (χ3n) is 5.37. The number of likely N-dealkylation sites (tertiary alicyclic amines) is 1. The third-order valence-corrected chi connectivity index (χ3v) is 5.37. The lowest BCUT2D eigenvalue weighted by Crippen LogP contribution is -2.38. The van der Waals surface area contributed by atoms with E-state index in [9.17, 15) is 5.11 Å². The van der Waals surface area contributed by atoms with Crippen molar-refractivity contribution < 1.29 is 9.84 Å². The predicted octanol–water partition coefficient (Wildman–Crippen LogP) is 2.63. The number of piperidine rings is 1. The van der Waals surface area contributed by atoms with Gasteiger partial charge in [-0.25, -0.2) is 0 Å². The molecule has 1 aromatic heterocycles. The van der Waals surface area contributed by atoms with E-state index in [1.165, 1.54) is 19.3 Å². The molecule has 1 fully saturated rings. The van der Waals surface area contributed by atoms with Crippen molar-refractivity contribution in [2.45, 2.75) is 45.4 Å². The van der Waals surface area contributed by atoms with Crippen LogP contribution in [0.15, 0.2) is 42.7 Å².